The maximum atomic E-state index is 12.1. The molecule has 0 bridgehead atoms. The van der Waals surface area contributed by atoms with E-state index >= 15 is 0 Å². The predicted molar refractivity (Wildman–Crippen MR) is 98.3 cm³/mol. The van der Waals surface area contributed by atoms with Crippen molar-refractivity contribution in [2.45, 2.75) is 39.0 Å². The lowest BCUT2D eigenvalue weighted by Crippen LogP contribution is -2.50. The molecular formula is C18H27N3O3S. The van der Waals surface area contributed by atoms with Crippen LogP contribution in [0.2, 0.25) is 0 Å². The Morgan fingerprint density at radius 2 is 1.80 bits per heavy atom. The molecule has 0 saturated carbocycles. The SMILES string of the molecule is CC(=O)N1CCN(C(=O)CCNC(=O)CCCCc2cccs2)CC1. The van der Waals surface area contributed by atoms with Crippen LogP contribution >= 0.6 is 11.3 Å². The second-order valence-electron chi connectivity index (χ2n) is 6.27. The molecule has 1 aliphatic heterocycles. The number of unbranched alkanes of at least 4 members (excludes halogenated alkanes) is 1. The van der Waals surface area contributed by atoms with Gasteiger partial charge >= 0.3 is 0 Å². The fourth-order valence-electron chi connectivity index (χ4n) is 2.87. The van der Waals surface area contributed by atoms with Crippen molar-refractivity contribution in [3.05, 3.63) is 22.4 Å². The van der Waals surface area contributed by atoms with Gasteiger partial charge in [-0.2, -0.15) is 0 Å². The van der Waals surface area contributed by atoms with Crippen LogP contribution in [0.1, 0.15) is 37.5 Å². The minimum Gasteiger partial charge on any atom is -0.356 e. The summed E-state index contributed by atoms with van der Waals surface area (Å²) < 4.78 is 0. The number of aryl methyl sites for hydroxylation is 1. The summed E-state index contributed by atoms with van der Waals surface area (Å²) in [5, 5.41) is 4.89. The molecule has 0 aliphatic carbocycles. The summed E-state index contributed by atoms with van der Waals surface area (Å²) in [6.07, 6.45) is 3.73. The van der Waals surface area contributed by atoms with Crippen LogP contribution in [0.3, 0.4) is 0 Å². The molecule has 0 spiro atoms. The van der Waals surface area contributed by atoms with Gasteiger partial charge in [-0.1, -0.05) is 6.07 Å². The third-order valence-corrected chi connectivity index (χ3v) is 5.33. The second kappa shape index (κ2) is 10.2. The highest BCUT2D eigenvalue weighted by molar-refractivity contribution is 7.09. The van der Waals surface area contributed by atoms with Gasteiger partial charge in [-0.3, -0.25) is 14.4 Å². The zero-order chi connectivity index (χ0) is 18.1. The van der Waals surface area contributed by atoms with E-state index < -0.39 is 0 Å². The second-order valence-corrected chi connectivity index (χ2v) is 7.31. The number of piperazine rings is 1. The Kier molecular flexibility index (Phi) is 7.91. The van der Waals surface area contributed by atoms with Gasteiger partial charge in [0.2, 0.25) is 17.7 Å². The Morgan fingerprint density at radius 3 is 2.44 bits per heavy atom. The highest BCUT2D eigenvalue weighted by Crippen LogP contribution is 2.12. The first-order valence-corrected chi connectivity index (χ1v) is 9.76. The zero-order valence-electron chi connectivity index (χ0n) is 14.8. The molecular weight excluding hydrogens is 338 g/mol. The molecule has 0 aromatic carbocycles. The van der Waals surface area contributed by atoms with Crippen molar-refractivity contribution in [3.63, 3.8) is 0 Å². The molecule has 0 unspecified atom stereocenters. The first kappa shape index (κ1) is 19.4. The number of nitrogens with zero attached hydrogens (tertiary/aromatic N) is 2. The first-order valence-electron chi connectivity index (χ1n) is 8.88. The summed E-state index contributed by atoms with van der Waals surface area (Å²) in [4.78, 5) is 40.1. The molecule has 1 fully saturated rings. The lowest BCUT2D eigenvalue weighted by atomic mass is 10.1. The van der Waals surface area contributed by atoms with Crippen molar-refractivity contribution >= 4 is 29.1 Å². The summed E-state index contributed by atoms with van der Waals surface area (Å²) in [6, 6.07) is 4.16. The van der Waals surface area contributed by atoms with Gasteiger partial charge in [-0.25, -0.2) is 0 Å². The molecule has 1 aliphatic rings. The molecule has 0 radical (unpaired) electrons. The molecule has 1 N–H and O–H groups in total. The average molecular weight is 365 g/mol. The van der Waals surface area contributed by atoms with Crippen molar-refractivity contribution in [1.29, 1.82) is 0 Å². The molecule has 2 rings (SSSR count). The van der Waals surface area contributed by atoms with Crippen LogP contribution in [-0.2, 0) is 20.8 Å². The van der Waals surface area contributed by atoms with E-state index in [4.69, 9.17) is 0 Å². The molecule has 25 heavy (non-hydrogen) atoms. The highest BCUT2D eigenvalue weighted by Gasteiger charge is 2.21. The largest absolute Gasteiger partial charge is 0.356 e. The quantitative estimate of drug-likeness (QED) is 0.712. The van der Waals surface area contributed by atoms with Crippen LogP contribution < -0.4 is 5.32 Å². The number of carbonyl (C=O) groups is 3. The third kappa shape index (κ3) is 6.86. The smallest absolute Gasteiger partial charge is 0.224 e. The molecule has 2 heterocycles. The van der Waals surface area contributed by atoms with E-state index in [1.165, 1.54) is 4.88 Å². The van der Waals surface area contributed by atoms with E-state index in [1.807, 2.05) is 6.07 Å². The minimum atomic E-state index is 0.0142. The summed E-state index contributed by atoms with van der Waals surface area (Å²) >= 11 is 1.75. The fourth-order valence-corrected chi connectivity index (χ4v) is 3.62. The van der Waals surface area contributed by atoms with E-state index in [0.717, 1.165) is 19.3 Å². The van der Waals surface area contributed by atoms with Crippen molar-refractivity contribution in [1.82, 2.24) is 15.1 Å². The van der Waals surface area contributed by atoms with Crippen molar-refractivity contribution < 1.29 is 14.4 Å². The number of hydrogen-bond acceptors (Lipinski definition) is 4. The molecule has 3 amide bonds. The third-order valence-electron chi connectivity index (χ3n) is 4.40. The Morgan fingerprint density at radius 1 is 1.08 bits per heavy atom. The van der Waals surface area contributed by atoms with Crippen molar-refractivity contribution in [3.8, 4) is 0 Å². The van der Waals surface area contributed by atoms with Crippen LogP contribution in [0, 0.1) is 0 Å². The van der Waals surface area contributed by atoms with Crippen LogP contribution in [0.5, 0.6) is 0 Å². The summed E-state index contributed by atoms with van der Waals surface area (Å²) in [5.41, 5.74) is 0. The number of thiophene rings is 1. The molecule has 1 aromatic heterocycles. The zero-order valence-corrected chi connectivity index (χ0v) is 15.6. The van der Waals surface area contributed by atoms with E-state index in [1.54, 1.807) is 28.1 Å². The number of nitrogens with one attached hydrogen (secondary N) is 1. The van der Waals surface area contributed by atoms with Crippen LogP contribution in [-0.4, -0.2) is 60.2 Å². The average Bonchev–Trinajstić information content (AvgIpc) is 3.12. The standard InChI is InChI=1S/C18H27N3O3S/c1-15(22)20-10-12-21(13-11-20)18(24)8-9-19-17(23)7-3-2-5-16-6-4-14-25-16/h4,6,14H,2-3,5,7-13H2,1H3,(H,19,23). The number of hydrogen-bond donors (Lipinski definition) is 1. The Labute approximate surface area is 153 Å². The first-order chi connectivity index (χ1) is 12.1. The van der Waals surface area contributed by atoms with Gasteiger partial charge in [0.15, 0.2) is 0 Å². The van der Waals surface area contributed by atoms with E-state index in [0.29, 0.717) is 45.6 Å². The number of amides is 3. The topological polar surface area (TPSA) is 69.7 Å². The lowest BCUT2D eigenvalue weighted by molar-refractivity contribution is -0.138. The van der Waals surface area contributed by atoms with Gasteiger partial charge in [0, 0.05) is 57.4 Å². The maximum Gasteiger partial charge on any atom is 0.224 e. The summed E-state index contributed by atoms with van der Waals surface area (Å²) in [6.45, 7) is 4.28. The van der Waals surface area contributed by atoms with Gasteiger partial charge in [-0.15, -0.1) is 11.3 Å². The van der Waals surface area contributed by atoms with Gasteiger partial charge < -0.3 is 15.1 Å². The summed E-state index contributed by atoms with van der Waals surface area (Å²) in [7, 11) is 0. The molecule has 1 saturated heterocycles. The van der Waals surface area contributed by atoms with Crippen LogP contribution in [0.25, 0.3) is 0 Å². The van der Waals surface area contributed by atoms with E-state index in [9.17, 15) is 14.4 Å². The normalized spacial score (nSPS) is 14.4. The van der Waals surface area contributed by atoms with Crippen LogP contribution in [0.4, 0.5) is 0 Å². The van der Waals surface area contributed by atoms with E-state index in [-0.39, 0.29) is 17.7 Å². The lowest BCUT2D eigenvalue weighted by Gasteiger charge is -2.34. The highest BCUT2D eigenvalue weighted by atomic mass is 32.1. The summed E-state index contributed by atoms with van der Waals surface area (Å²) in [5.74, 6) is 0.111. The predicted octanol–water partition coefficient (Wildman–Crippen LogP) is 1.66. The van der Waals surface area contributed by atoms with Crippen LogP contribution in [0.15, 0.2) is 17.5 Å². The van der Waals surface area contributed by atoms with E-state index in [2.05, 4.69) is 16.8 Å². The van der Waals surface area contributed by atoms with Crippen molar-refractivity contribution in [2.24, 2.45) is 0 Å². The number of carbonyl (C=O) groups excluding carboxylic acids is 3. The van der Waals surface area contributed by atoms with Gasteiger partial charge in [0.1, 0.15) is 0 Å². The van der Waals surface area contributed by atoms with Gasteiger partial charge in [0.25, 0.3) is 0 Å². The Bertz CT molecular complexity index is 566. The van der Waals surface area contributed by atoms with Gasteiger partial charge in [-0.05, 0) is 30.7 Å². The fraction of sp³-hybridized carbons (Fsp3) is 0.611. The molecule has 138 valence electrons. The molecule has 6 nitrogen and oxygen atoms in total. The van der Waals surface area contributed by atoms with Crippen molar-refractivity contribution in [2.75, 3.05) is 32.7 Å². The maximum absolute atomic E-state index is 12.1. The Balaban J connectivity index is 1.52. The minimum absolute atomic E-state index is 0.0142. The monoisotopic (exact) mass is 365 g/mol. The van der Waals surface area contributed by atoms with Gasteiger partial charge in [0.05, 0.1) is 0 Å². The Hall–Kier alpha value is -1.89. The number of rotatable bonds is 8. The molecule has 7 heteroatoms. The molecule has 0 atom stereocenters. The molecule has 1 aromatic rings.